The maximum atomic E-state index is 11.7. The van der Waals surface area contributed by atoms with Gasteiger partial charge in [-0.2, -0.15) is 0 Å². The first kappa shape index (κ1) is 13.7. The lowest BCUT2D eigenvalue weighted by atomic mass is 10.1. The number of hydrogen-bond acceptors (Lipinski definition) is 4. The molecular formula is C13H19NO3. The maximum Gasteiger partial charge on any atom is 0.338 e. The topological polar surface area (TPSA) is 61.5 Å². The van der Waals surface area contributed by atoms with Gasteiger partial charge in [0.25, 0.3) is 0 Å². The average Bonchev–Trinajstić information content (AvgIpc) is 2.29. The summed E-state index contributed by atoms with van der Waals surface area (Å²) in [5.74, 6) is -0.305. The minimum absolute atomic E-state index is 0.111. The highest BCUT2D eigenvalue weighted by atomic mass is 16.5. The van der Waals surface area contributed by atoms with E-state index in [0.717, 1.165) is 5.56 Å². The summed E-state index contributed by atoms with van der Waals surface area (Å²) in [5.41, 5.74) is 6.82. The number of ether oxygens (including phenoxy) is 2. The van der Waals surface area contributed by atoms with E-state index in [1.807, 2.05) is 26.0 Å². The quantitative estimate of drug-likeness (QED) is 0.604. The van der Waals surface area contributed by atoms with Gasteiger partial charge in [-0.25, -0.2) is 4.79 Å². The average molecular weight is 237 g/mol. The Bertz CT molecular complexity index is 363. The smallest absolute Gasteiger partial charge is 0.338 e. The van der Waals surface area contributed by atoms with Crippen LogP contribution in [0.2, 0.25) is 0 Å². The molecule has 0 aliphatic carbocycles. The fourth-order valence-corrected chi connectivity index (χ4v) is 1.34. The lowest BCUT2D eigenvalue weighted by molar-refractivity contribution is 0.0377. The van der Waals surface area contributed by atoms with Gasteiger partial charge in [0.2, 0.25) is 0 Å². The van der Waals surface area contributed by atoms with E-state index in [1.165, 1.54) is 0 Å². The Morgan fingerprint density at radius 2 is 2.18 bits per heavy atom. The van der Waals surface area contributed by atoms with Crippen LogP contribution in [0.3, 0.4) is 0 Å². The second-order valence-electron chi connectivity index (χ2n) is 4.00. The summed E-state index contributed by atoms with van der Waals surface area (Å²) in [6.07, 6.45) is -0.111. The van der Waals surface area contributed by atoms with Crippen LogP contribution in [0.15, 0.2) is 24.3 Å². The van der Waals surface area contributed by atoms with Gasteiger partial charge in [-0.15, -0.1) is 0 Å². The van der Waals surface area contributed by atoms with Crippen LogP contribution >= 0.6 is 0 Å². The molecule has 0 spiro atoms. The minimum Gasteiger partial charge on any atom is -0.459 e. The third-order valence-electron chi connectivity index (χ3n) is 2.04. The molecule has 2 N–H and O–H groups in total. The molecule has 0 heterocycles. The molecular weight excluding hydrogens is 218 g/mol. The molecule has 0 aromatic heterocycles. The second-order valence-corrected chi connectivity index (χ2v) is 4.00. The Morgan fingerprint density at radius 1 is 1.41 bits per heavy atom. The van der Waals surface area contributed by atoms with Gasteiger partial charge in [-0.3, -0.25) is 0 Å². The summed E-state index contributed by atoms with van der Waals surface area (Å²) < 4.78 is 10.4. The first-order valence-corrected chi connectivity index (χ1v) is 5.71. The summed E-state index contributed by atoms with van der Waals surface area (Å²) in [5, 5.41) is 0. The van der Waals surface area contributed by atoms with E-state index < -0.39 is 0 Å². The van der Waals surface area contributed by atoms with Gasteiger partial charge >= 0.3 is 5.97 Å². The Kier molecular flexibility index (Phi) is 5.66. The molecule has 1 aromatic carbocycles. The molecule has 4 heteroatoms. The van der Waals surface area contributed by atoms with Gasteiger partial charge < -0.3 is 15.2 Å². The lowest BCUT2D eigenvalue weighted by Crippen LogP contribution is -2.12. The highest BCUT2D eigenvalue weighted by Gasteiger charge is 2.09. The summed E-state index contributed by atoms with van der Waals surface area (Å²) in [6.45, 7) is 5.12. The van der Waals surface area contributed by atoms with Crippen molar-refractivity contribution in [2.24, 2.45) is 5.73 Å². The number of hydrogen-bond donors (Lipinski definition) is 1. The van der Waals surface area contributed by atoms with Crippen LogP contribution in [-0.2, 0) is 16.1 Å². The van der Waals surface area contributed by atoms with Gasteiger partial charge in [0.1, 0.15) is 0 Å². The number of benzene rings is 1. The van der Waals surface area contributed by atoms with E-state index in [-0.39, 0.29) is 12.1 Å². The van der Waals surface area contributed by atoms with Crippen molar-refractivity contribution in [3.8, 4) is 0 Å². The number of carbonyl (C=O) groups is 1. The van der Waals surface area contributed by atoms with E-state index >= 15 is 0 Å². The van der Waals surface area contributed by atoms with Gasteiger partial charge in [0.15, 0.2) is 0 Å². The second kappa shape index (κ2) is 7.04. The van der Waals surface area contributed by atoms with Gasteiger partial charge in [0, 0.05) is 6.54 Å². The summed E-state index contributed by atoms with van der Waals surface area (Å²) in [6, 6.07) is 7.24. The summed E-state index contributed by atoms with van der Waals surface area (Å²) in [4.78, 5) is 11.7. The molecule has 94 valence electrons. The molecule has 1 rings (SSSR count). The van der Waals surface area contributed by atoms with Crippen molar-refractivity contribution in [2.45, 2.75) is 26.6 Å². The highest BCUT2D eigenvalue weighted by molar-refractivity contribution is 5.89. The van der Waals surface area contributed by atoms with Crippen molar-refractivity contribution >= 4 is 5.97 Å². The molecule has 0 bridgehead atoms. The third kappa shape index (κ3) is 4.97. The van der Waals surface area contributed by atoms with Gasteiger partial charge in [-0.05, 0) is 31.5 Å². The number of esters is 1. The van der Waals surface area contributed by atoms with Crippen LogP contribution in [0.1, 0.15) is 29.8 Å². The Balaban J connectivity index is 2.61. The van der Waals surface area contributed by atoms with Gasteiger partial charge in [-0.1, -0.05) is 12.1 Å². The molecule has 0 saturated heterocycles. The van der Waals surface area contributed by atoms with Crippen LogP contribution < -0.4 is 5.73 Å². The van der Waals surface area contributed by atoms with E-state index in [0.29, 0.717) is 25.3 Å². The van der Waals surface area contributed by atoms with Crippen molar-refractivity contribution in [1.29, 1.82) is 0 Å². The van der Waals surface area contributed by atoms with Crippen LogP contribution in [0, 0.1) is 0 Å². The Labute approximate surface area is 102 Å². The predicted molar refractivity (Wildman–Crippen MR) is 65.7 cm³/mol. The highest BCUT2D eigenvalue weighted by Crippen LogP contribution is 2.09. The van der Waals surface area contributed by atoms with Crippen LogP contribution in [-0.4, -0.2) is 25.2 Å². The van der Waals surface area contributed by atoms with Crippen molar-refractivity contribution in [3.63, 3.8) is 0 Å². The molecule has 0 fully saturated rings. The zero-order chi connectivity index (χ0) is 12.7. The standard InChI is InChI=1S/C13H19NO3/c1-10(2)17-13(15)12-5-3-4-11(8-12)9-16-7-6-14/h3-5,8,10H,6-7,9,14H2,1-2H3. The molecule has 0 amide bonds. The molecule has 1 aromatic rings. The van der Waals surface area contributed by atoms with Crippen LogP contribution in [0.4, 0.5) is 0 Å². The van der Waals surface area contributed by atoms with E-state index in [2.05, 4.69) is 0 Å². The minimum atomic E-state index is -0.305. The fourth-order valence-electron chi connectivity index (χ4n) is 1.34. The number of nitrogens with two attached hydrogens (primary N) is 1. The fraction of sp³-hybridized carbons (Fsp3) is 0.462. The third-order valence-corrected chi connectivity index (χ3v) is 2.04. The normalized spacial score (nSPS) is 10.6. The van der Waals surface area contributed by atoms with E-state index in [4.69, 9.17) is 15.2 Å². The van der Waals surface area contributed by atoms with Crippen LogP contribution in [0.25, 0.3) is 0 Å². The zero-order valence-corrected chi connectivity index (χ0v) is 10.3. The lowest BCUT2D eigenvalue weighted by Gasteiger charge is -2.09. The first-order valence-electron chi connectivity index (χ1n) is 5.71. The zero-order valence-electron chi connectivity index (χ0n) is 10.3. The Morgan fingerprint density at radius 3 is 2.82 bits per heavy atom. The van der Waals surface area contributed by atoms with Crippen molar-refractivity contribution in [1.82, 2.24) is 0 Å². The maximum absolute atomic E-state index is 11.7. The van der Waals surface area contributed by atoms with Crippen molar-refractivity contribution < 1.29 is 14.3 Å². The predicted octanol–water partition coefficient (Wildman–Crippen LogP) is 1.73. The molecule has 0 aliphatic rings. The van der Waals surface area contributed by atoms with E-state index in [9.17, 15) is 4.79 Å². The number of rotatable bonds is 6. The largest absolute Gasteiger partial charge is 0.459 e. The molecule has 4 nitrogen and oxygen atoms in total. The molecule has 0 saturated carbocycles. The molecule has 0 atom stereocenters. The molecule has 0 radical (unpaired) electrons. The molecule has 0 aliphatic heterocycles. The summed E-state index contributed by atoms with van der Waals surface area (Å²) in [7, 11) is 0. The first-order chi connectivity index (χ1) is 8.13. The van der Waals surface area contributed by atoms with Gasteiger partial charge in [0.05, 0.1) is 24.9 Å². The van der Waals surface area contributed by atoms with Crippen molar-refractivity contribution in [2.75, 3.05) is 13.2 Å². The van der Waals surface area contributed by atoms with Crippen molar-refractivity contribution in [3.05, 3.63) is 35.4 Å². The summed E-state index contributed by atoms with van der Waals surface area (Å²) >= 11 is 0. The SMILES string of the molecule is CC(C)OC(=O)c1cccc(COCCN)c1. The number of carbonyl (C=O) groups excluding carboxylic acids is 1. The molecule has 17 heavy (non-hydrogen) atoms. The van der Waals surface area contributed by atoms with E-state index in [1.54, 1.807) is 12.1 Å². The Hall–Kier alpha value is -1.39. The van der Waals surface area contributed by atoms with Crippen LogP contribution in [0.5, 0.6) is 0 Å². The molecule has 0 unspecified atom stereocenters. The monoisotopic (exact) mass is 237 g/mol.